The number of hydrogen-bond acceptors (Lipinski definition) is 5. The zero-order valence-corrected chi connectivity index (χ0v) is 13.4. The van der Waals surface area contributed by atoms with Gasteiger partial charge in [0.25, 0.3) is 0 Å². The minimum atomic E-state index is -0.521. The molecule has 0 aliphatic carbocycles. The number of rotatable bonds is 8. The quantitative estimate of drug-likeness (QED) is 0.435. The summed E-state index contributed by atoms with van der Waals surface area (Å²) in [5, 5.41) is 21.8. The lowest BCUT2D eigenvalue weighted by Gasteiger charge is -2.24. The first kappa shape index (κ1) is 18.5. The molecule has 1 aliphatic rings. The zero-order valence-electron chi connectivity index (χ0n) is 13.4. The van der Waals surface area contributed by atoms with Crippen LogP contribution in [0.15, 0.2) is 0 Å². The highest BCUT2D eigenvalue weighted by Crippen LogP contribution is 2.18. The maximum Gasteiger partial charge on any atom is 0.220 e. The van der Waals surface area contributed by atoms with Gasteiger partial charge in [-0.1, -0.05) is 6.92 Å². The summed E-state index contributed by atoms with van der Waals surface area (Å²) >= 11 is 0. The van der Waals surface area contributed by atoms with Crippen LogP contribution in [-0.4, -0.2) is 75.3 Å². The van der Waals surface area contributed by atoms with Crippen LogP contribution in [0.25, 0.3) is 0 Å². The van der Waals surface area contributed by atoms with Gasteiger partial charge in [0.1, 0.15) is 21.8 Å². The van der Waals surface area contributed by atoms with E-state index in [2.05, 4.69) is 5.32 Å². The molecule has 0 aromatic rings. The molecule has 1 aliphatic heterocycles. The molecule has 1 amide bonds. The molecule has 0 aromatic heterocycles. The summed E-state index contributed by atoms with van der Waals surface area (Å²) in [5.74, 6) is -0.200. The van der Waals surface area contributed by atoms with Crippen molar-refractivity contribution in [3.63, 3.8) is 0 Å². The van der Waals surface area contributed by atoms with E-state index in [1.54, 1.807) is 0 Å². The molecule has 1 rings (SSSR count). The van der Waals surface area contributed by atoms with Crippen LogP contribution in [-0.2, 0) is 14.3 Å². The van der Waals surface area contributed by atoms with Crippen LogP contribution in [0.5, 0.6) is 0 Å². The Morgan fingerprint density at radius 2 is 2.19 bits per heavy atom. The van der Waals surface area contributed by atoms with Gasteiger partial charge in [-0.3, -0.25) is 4.79 Å². The van der Waals surface area contributed by atoms with E-state index >= 15 is 0 Å². The van der Waals surface area contributed by atoms with Crippen LogP contribution in [0, 0.1) is 5.92 Å². The van der Waals surface area contributed by atoms with Gasteiger partial charge >= 0.3 is 0 Å². The minimum absolute atomic E-state index is 0.0104. The van der Waals surface area contributed by atoms with Crippen molar-refractivity contribution >= 4 is 21.6 Å². The van der Waals surface area contributed by atoms with E-state index in [1.165, 1.54) is 0 Å². The molecule has 6 nitrogen and oxygen atoms in total. The summed E-state index contributed by atoms with van der Waals surface area (Å²) in [5.41, 5.74) is 0. The van der Waals surface area contributed by atoms with Crippen LogP contribution >= 0.6 is 0 Å². The van der Waals surface area contributed by atoms with Gasteiger partial charge < -0.3 is 25.0 Å². The Morgan fingerprint density at radius 3 is 2.67 bits per heavy atom. The molecule has 1 fully saturated rings. The fourth-order valence-electron chi connectivity index (χ4n) is 2.54. The van der Waals surface area contributed by atoms with Crippen LogP contribution in [0.3, 0.4) is 0 Å². The summed E-state index contributed by atoms with van der Waals surface area (Å²) in [6.07, 6.45) is -0.321. The van der Waals surface area contributed by atoms with Gasteiger partial charge in [0.15, 0.2) is 0 Å². The summed E-state index contributed by atoms with van der Waals surface area (Å²) < 4.78 is 11.1. The van der Waals surface area contributed by atoms with E-state index in [9.17, 15) is 15.0 Å². The van der Waals surface area contributed by atoms with Gasteiger partial charge in [-0.2, -0.15) is 0 Å². The maximum atomic E-state index is 11.9. The van der Waals surface area contributed by atoms with Gasteiger partial charge in [-0.25, -0.2) is 0 Å². The van der Waals surface area contributed by atoms with Gasteiger partial charge in [-0.05, 0) is 19.3 Å². The predicted octanol–water partition coefficient (Wildman–Crippen LogP) is -2.41. The molecule has 0 aromatic carbocycles. The monoisotopic (exact) mass is 299 g/mol. The fourth-order valence-corrected chi connectivity index (χ4v) is 2.54. The highest BCUT2D eigenvalue weighted by atomic mass is 16.5. The first-order valence-corrected chi connectivity index (χ1v) is 7.70. The van der Waals surface area contributed by atoms with Crippen LogP contribution in [0.2, 0.25) is 0 Å². The third kappa shape index (κ3) is 6.38. The third-order valence-electron chi connectivity index (χ3n) is 3.68. The molecule has 1 heterocycles. The summed E-state index contributed by atoms with van der Waals surface area (Å²) in [6, 6.07) is 0.0372. The van der Waals surface area contributed by atoms with E-state index < -0.39 is 6.10 Å². The predicted molar refractivity (Wildman–Crippen MR) is 84.6 cm³/mol. The zero-order chi connectivity index (χ0) is 16.0. The Bertz CT molecular complexity index is 332. The van der Waals surface area contributed by atoms with Gasteiger partial charge in [0.05, 0.1) is 18.8 Å². The SMILES string of the molecule is BC(C)O[C@H](CO)[C@@H](C)CC(=O)NC[C@H]1O[C@@H](B)C[C@H]1O. The van der Waals surface area contributed by atoms with Crippen molar-refractivity contribution in [3.8, 4) is 0 Å². The normalized spacial score (nSPS) is 29.8. The number of nitrogens with one attached hydrogen (secondary N) is 1. The number of hydrogen-bond donors (Lipinski definition) is 3. The first-order valence-electron chi connectivity index (χ1n) is 7.70. The lowest BCUT2D eigenvalue weighted by molar-refractivity contribution is -0.124. The van der Waals surface area contributed by atoms with E-state index in [1.807, 2.05) is 29.5 Å². The molecule has 6 atom stereocenters. The highest BCUT2D eigenvalue weighted by molar-refractivity contribution is 6.11. The van der Waals surface area contributed by atoms with E-state index in [4.69, 9.17) is 9.47 Å². The van der Waals surface area contributed by atoms with Crippen molar-refractivity contribution in [1.82, 2.24) is 5.32 Å². The third-order valence-corrected chi connectivity index (χ3v) is 3.68. The number of aliphatic hydroxyl groups is 2. The van der Waals surface area contributed by atoms with Crippen LogP contribution in [0.4, 0.5) is 0 Å². The molecule has 0 spiro atoms. The molecular formula is C13H27B2NO5. The molecule has 21 heavy (non-hydrogen) atoms. The molecule has 3 N–H and O–H groups in total. The number of amides is 1. The van der Waals surface area contributed by atoms with Gasteiger partial charge in [0.2, 0.25) is 5.91 Å². The van der Waals surface area contributed by atoms with Gasteiger partial charge in [0, 0.05) is 25.0 Å². The largest absolute Gasteiger partial charge is 0.394 e. The van der Waals surface area contributed by atoms with Crippen molar-refractivity contribution in [1.29, 1.82) is 0 Å². The minimum Gasteiger partial charge on any atom is -0.394 e. The fraction of sp³-hybridized carbons (Fsp3) is 0.923. The number of carbonyl (C=O) groups is 1. The summed E-state index contributed by atoms with van der Waals surface area (Å²) in [6.45, 7) is 3.99. The average Bonchev–Trinajstić information content (AvgIpc) is 2.71. The van der Waals surface area contributed by atoms with Crippen LogP contribution in [0.1, 0.15) is 26.7 Å². The van der Waals surface area contributed by atoms with E-state index in [-0.39, 0.29) is 49.1 Å². The molecule has 1 saturated heterocycles. The van der Waals surface area contributed by atoms with E-state index in [0.29, 0.717) is 13.0 Å². The summed E-state index contributed by atoms with van der Waals surface area (Å²) in [7, 11) is 3.80. The summed E-state index contributed by atoms with van der Waals surface area (Å²) in [4.78, 5) is 11.9. The molecule has 8 heteroatoms. The Morgan fingerprint density at radius 1 is 1.52 bits per heavy atom. The number of ether oxygens (including phenoxy) is 2. The van der Waals surface area contributed by atoms with E-state index in [0.717, 1.165) is 0 Å². The molecule has 120 valence electrons. The Labute approximate surface area is 128 Å². The average molecular weight is 299 g/mol. The van der Waals surface area contributed by atoms with Crippen molar-refractivity contribution in [3.05, 3.63) is 0 Å². The lowest BCUT2D eigenvalue weighted by Crippen LogP contribution is -2.39. The first-order chi connectivity index (χ1) is 9.83. The van der Waals surface area contributed by atoms with Crippen LogP contribution < -0.4 is 5.32 Å². The van der Waals surface area contributed by atoms with Crippen molar-refractivity contribution in [2.45, 2.75) is 57.0 Å². The molecule has 0 bridgehead atoms. The Balaban J connectivity index is 2.32. The van der Waals surface area contributed by atoms with Crippen molar-refractivity contribution < 1.29 is 24.5 Å². The lowest BCUT2D eigenvalue weighted by atomic mass is 9.96. The number of carbonyl (C=O) groups excluding carboxylic acids is 1. The molecule has 0 radical (unpaired) electrons. The highest BCUT2D eigenvalue weighted by Gasteiger charge is 2.31. The van der Waals surface area contributed by atoms with Crippen molar-refractivity contribution in [2.75, 3.05) is 13.2 Å². The number of aliphatic hydroxyl groups excluding tert-OH is 2. The molecular weight excluding hydrogens is 272 g/mol. The molecule has 1 unspecified atom stereocenters. The standard InChI is InChI=1S/C13H27B2NO5/c1-7(11(6-17)20-8(2)14)3-13(19)16-5-10-9(18)4-12(15)21-10/h7-12,17-18H,3-6,14-15H2,1-2H3,(H,16,19)/t7-,8?,9+,10+,11+,12+/m0/s1. The smallest absolute Gasteiger partial charge is 0.220 e. The maximum absolute atomic E-state index is 11.9. The second-order valence-corrected chi connectivity index (χ2v) is 6.18. The topological polar surface area (TPSA) is 88.0 Å². The Kier molecular flexibility index (Phi) is 7.73. The van der Waals surface area contributed by atoms with Crippen molar-refractivity contribution in [2.24, 2.45) is 5.92 Å². The second kappa shape index (κ2) is 8.78. The second-order valence-electron chi connectivity index (χ2n) is 6.18. The Hall–Kier alpha value is -0.560. The van der Waals surface area contributed by atoms with Gasteiger partial charge in [-0.15, -0.1) is 0 Å². The molecule has 0 saturated carbocycles.